The third kappa shape index (κ3) is 3.55. The van der Waals surface area contributed by atoms with Crippen LogP contribution >= 0.6 is 23.1 Å². The molecule has 0 atom stereocenters. The van der Waals surface area contributed by atoms with Gasteiger partial charge in [-0.15, -0.1) is 10.2 Å². The fourth-order valence-electron chi connectivity index (χ4n) is 6.26. The van der Waals surface area contributed by atoms with Gasteiger partial charge in [-0.1, -0.05) is 11.3 Å². The lowest BCUT2D eigenvalue weighted by Gasteiger charge is -2.55. The smallest absolute Gasteiger partial charge is 0.269 e. The summed E-state index contributed by atoms with van der Waals surface area (Å²) in [4.78, 5) is 27.8. The molecule has 4 saturated carbocycles. The lowest BCUT2D eigenvalue weighted by molar-refractivity contribution is -0.384. The van der Waals surface area contributed by atoms with Gasteiger partial charge in [0.1, 0.15) is 5.01 Å². The van der Waals surface area contributed by atoms with Gasteiger partial charge in [-0.05, 0) is 91.8 Å². The summed E-state index contributed by atoms with van der Waals surface area (Å²) in [6, 6.07) is 6.09. The van der Waals surface area contributed by atoms with E-state index in [0.29, 0.717) is 15.2 Å². The van der Waals surface area contributed by atoms with Crippen LogP contribution in [0.2, 0.25) is 0 Å². The quantitative estimate of drug-likeness (QED) is 0.393. The maximum atomic E-state index is 12.4. The van der Waals surface area contributed by atoms with E-state index in [1.54, 1.807) is 29.5 Å². The van der Waals surface area contributed by atoms with E-state index in [4.69, 9.17) is 0 Å². The Morgan fingerprint density at radius 2 is 1.75 bits per heavy atom. The van der Waals surface area contributed by atoms with Crippen molar-refractivity contribution in [3.05, 3.63) is 49.9 Å². The fourth-order valence-corrected chi connectivity index (χ4v) is 8.08. The number of non-ortho nitro benzene ring substituents is 1. The molecule has 1 aromatic heterocycles. The number of nitro benzene ring substituents is 1. The average Bonchev–Trinajstić information content (AvgIpc) is 3.35. The summed E-state index contributed by atoms with van der Waals surface area (Å²) in [5.41, 5.74) is 0.927. The molecular weight excluding hydrogens is 446 g/mol. The Balaban J connectivity index is 1.20. The minimum Gasteiger partial charge on any atom is -0.300 e. The summed E-state index contributed by atoms with van der Waals surface area (Å²) in [7, 11) is 0. The number of rotatable bonds is 4. The standard InChI is InChI=1S/C22H21N5O3S2/c28-18-17(8-12-1-3-16(4-2-12)27(29)30)31-20(23-18)24-21-26-25-19(32-21)22-9-13-5-14(10-22)7-15(6-13)11-22/h1-4,8,13-15H,5-7,9-11H2,(H,23,24,26,28)/b17-8+. The van der Waals surface area contributed by atoms with Crippen LogP contribution in [0.25, 0.3) is 6.08 Å². The molecule has 8 nitrogen and oxygen atoms in total. The van der Waals surface area contributed by atoms with Gasteiger partial charge in [-0.25, -0.2) is 0 Å². The molecule has 10 heteroatoms. The van der Waals surface area contributed by atoms with E-state index in [2.05, 4.69) is 20.5 Å². The summed E-state index contributed by atoms with van der Waals surface area (Å²) >= 11 is 2.80. The number of aromatic nitrogens is 2. The number of amidine groups is 1. The van der Waals surface area contributed by atoms with Crippen molar-refractivity contribution >= 4 is 51.1 Å². The Hall–Kier alpha value is -2.59. The molecule has 0 unspecified atom stereocenters. The van der Waals surface area contributed by atoms with Crippen molar-refractivity contribution in [1.29, 1.82) is 0 Å². The van der Waals surface area contributed by atoms with E-state index in [9.17, 15) is 14.9 Å². The topological polar surface area (TPSA) is 110 Å². The fraction of sp³-hybridized carbons (Fsp3) is 0.455. The molecule has 4 aliphatic carbocycles. The van der Waals surface area contributed by atoms with Crippen molar-refractivity contribution in [2.75, 3.05) is 0 Å². The number of carbonyl (C=O) groups excluding carboxylic acids is 1. The molecule has 1 N–H and O–H groups in total. The molecule has 0 radical (unpaired) electrons. The largest absolute Gasteiger partial charge is 0.300 e. The monoisotopic (exact) mass is 467 g/mol. The predicted molar refractivity (Wildman–Crippen MR) is 124 cm³/mol. The van der Waals surface area contributed by atoms with Gasteiger partial charge in [0, 0.05) is 17.5 Å². The number of thioether (sulfide) groups is 1. The lowest BCUT2D eigenvalue weighted by atomic mass is 9.50. The van der Waals surface area contributed by atoms with E-state index >= 15 is 0 Å². The number of nitrogens with one attached hydrogen (secondary N) is 1. The number of hydrogen-bond acceptors (Lipinski definition) is 8. The van der Waals surface area contributed by atoms with Crippen LogP contribution in [0.3, 0.4) is 0 Å². The van der Waals surface area contributed by atoms with Crippen LogP contribution < -0.4 is 5.32 Å². The Morgan fingerprint density at radius 1 is 1.09 bits per heavy atom. The van der Waals surface area contributed by atoms with Gasteiger partial charge in [0.15, 0.2) is 5.17 Å². The molecule has 164 valence electrons. The highest BCUT2D eigenvalue weighted by atomic mass is 32.2. The van der Waals surface area contributed by atoms with Crippen LogP contribution in [0.4, 0.5) is 10.8 Å². The number of hydrogen-bond donors (Lipinski definition) is 1. The SMILES string of the molecule is O=C1NC(=Nc2nnc(C34CC5CC(CC(C5)C3)C4)s2)S/C1=C/c1ccc([N+](=O)[O-])cc1. The van der Waals surface area contributed by atoms with Crippen LogP contribution in [-0.4, -0.2) is 26.2 Å². The zero-order valence-electron chi connectivity index (χ0n) is 17.2. The molecular formula is C22H21N5O3S2. The number of nitrogens with zero attached hydrogens (tertiary/aromatic N) is 4. The number of carbonyl (C=O) groups is 1. The minimum absolute atomic E-state index is 0.0176. The van der Waals surface area contributed by atoms with Gasteiger partial charge in [-0.3, -0.25) is 14.9 Å². The van der Waals surface area contributed by atoms with Crippen LogP contribution in [0.1, 0.15) is 49.1 Å². The second-order valence-corrected chi connectivity index (χ2v) is 11.4. The van der Waals surface area contributed by atoms with Crippen LogP contribution in [0.5, 0.6) is 0 Å². The summed E-state index contributed by atoms with van der Waals surface area (Å²) < 4.78 is 0. The third-order valence-electron chi connectivity index (χ3n) is 7.16. The average molecular weight is 468 g/mol. The molecule has 7 rings (SSSR count). The highest BCUT2D eigenvalue weighted by Gasteiger charge is 2.53. The minimum atomic E-state index is -0.446. The maximum Gasteiger partial charge on any atom is 0.269 e. The third-order valence-corrected chi connectivity index (χ3v) is 9.13. The first-order valence-electron chi connectivity index (χ1n) is 10.8. The first-order valence-corrected chi connectivity index (χ1v) is 12.5. The Morgan fingerprint density at radius 3 is 2.38 bits per heavy atom. The zero-order valence-corrected chi connectivity index (χ0v) is 18.8. The number of aliphatic imine (C=N–C) groups is 1. The zero-order chi connectivity index (χ0) is 21.9. The summed E-state index contributed by atoms with van der Waals surface area (Å²) in [5.74, 6) is 2.29. The molecule has 2 aromatic rings. The Labute approximate surface area is 192 Å². The summed E-state index contributed by atoms with van der Waals surface area (Å²) in [5, 5.41) is 24.6. The van der Waals surface area contributed by atoms with E-state index in [1.807, 2.05) is 0 Å². The molecule has 1 aliphatic heterocycles. The maximum absolute atomic E-state index is 12.4. The van der Waals surface area contributed by atoms with Gasteiger partial charge >= 0.3 is 0 Å². The number of benzene rings is 1. The van der Waals surface area contributed by atoms with E-state index in [0.717, 1.165) is 28.3 Å². The van der Waals surface area contributed by atoms with Crippen LogP contribution in [0.15, 0.2) is 34.2 Å². The lowest BCUT2D eigenvalue weighted by Crippen LogP contribution is -2.48. The van der Waals surface area contributed by atoms with Crippen molar-refractivity contribution in [1.82, 2.24) is 15.5 Å². The molecule has 5 aliphatic rings. The highest BCUT2D eigenvalue weighted by Crippen LogP contribution is 2.61. The van der Waals surface area contributed by atoms with Crippen molar-refractivity contribution in [2.45, 2.75) is 43.9 Å². The van der Waals surface area contributed by atoms with Gasteiger partial charge < -0.3 is 5.32 Å². The Bertz CT molecular complexity index is 1140. The van der Waals surface area contributed by atoms with Crippen molar-refractivity contribution in [2.24, 2.45) is 22.7 Å². The van der Waals surface area contributed by atoms with E-state index in [1.165, 1.54) is 62.4 Å². The first kappa shape index (κ1) is 20.0. The summed E-state index contributed by atoms with van der Waals surface area (Å²) in [6.07, 6.45) is 9.57. The Kier molecular flexibility index (Phi) is 4.69. The molecule has 2 heterocycles. The normalized spacial score (nSPS) is 33.2. The second-order valence-electron chi connectivity index (χ2n) is 9.42. The van der Waals surface area contributed by atoms with Crippen LogP contribution in [0, 0.1) is 27.9 Å². The molecule has 0 spiro atoms. The molecule has 1 amide bonds. The van der Waals surface area contributed by atoms with E-state index in [-0.39, 0.29) is 17.0 Å². The van der Waals surface area contributed by atoms with Gasteiger partial charge in [0.05, 0.1) is 9.83 Å². The molecule has 5 fully saturated rings. The predicted octanol–water partition coefficient (Wildman–Crippen LogP) is 4.81. The van der Waals surface area contributed by atoms with Crippen molar-refractivity contribution < 1.29 is 9.72 Å². The number of nitro groups is 1. The molecule has 4 bridgehead atoms. The van der Waals surface area contributed by atoms with Gasteiger partial charge in [0.25, 0.3) is 11.6 Å². The first-order chi connectivity index (χ1) is 15.5. The highest BCUT2D eigenvalue weighted by molar-refractivity contribution is 8.18. The van der Waals surface area contributed by atoms with E-state index < -0.39 is 4.92 Å². The van der Waals surface area contributed by atoms with Crippen molar-refractivity contribution in [3.8, 4) is 0 Å². The van der Waals surface area contributed by atoms with Gasteiger partial charge in [-0.2, -0.15) is 4.99 Å². The van der Waals surface area contributed by atoms with Crippen LogP contribution in [-0.2, 0) is 10.2 Å². The molecule has 1 saturated heterocycles. The second kappa shape index (κ2) is 7.48. The summed E-state index contributed by atoms with van der Waals surface area (Å²) in [6.45, 7) is 0. The van der Waals surface area contributed by atoms with Crippen molar-refractivity contribution in [3.63, 3.8) is 0 Å². The molecule has 1 aromatic carbocycles. The molecule has 32 heavy (non-hydrogen) atoms. The van der Waals surface area contributed by atoms with Gasteiger partial charge in [0.2, 0.25) is 5.13 Å². The number of amides is 1.